The Morgan fingerprint density at radius 2 is 2.13 bits per heavy atom. The van der Waals surface area contributed by atoms with E-state index in [1.807, 2.05) is 0 Å². The predicted molar refractivity (Wildman–Crippen MR) is 62.8 cm³/mol. The van der Waals surface area contributed by atoms with Crippen LogP contribution in [-0.4, -0.2) is 24.4 Å². The molecule has 15 heavy (non-hydrogen) atoms. The SMILES string of the molecule is COc1ccc(Cl)cc1NCC(C)(C)O. The topological polar surface area (TPSA) is 41.5 Å². The second kappa shape index (κ2) is 4.73. The maximum atomic E-state index is 9.58. The molecule has 1 aromatic carbocycles. The third-order valence-corrected chi connectivity index (χ3v) is 2.11. The Labute approximate surface area is 95.0 Å². The van der Waals surface area contributed by atoms with Gasteiger partial charge in [-0.05, 0) is 32.0 Å². The lowest BCUT2D eigenvalue weighted by atomic mass is 10.1. The Morgan fingerprint density at radius 3 is 2.67 bits per heavy atom. The highest BCUT2D eigenvalue weighted by Crippen LogP contribution is 2.27. The van der Waals surface area contributed by atoms with Gasteiger partial charge in [-0.2, -0.15) is 0 Å². The van der Waals surface area contributed by atoms with Gasteiger partial charge < -0.3 is 15.2 Å². The van der Waals surface area contributed by atoms with Crippen LogP contribution in [0.25, 0.3) is 0 Å². The molecule has 3 nitrogen and oxygen atoms in total. The van der Waals surface area contributed by atoms with Crippen molar-refractivity contribution in [3.05, 3.63) is 23.2 Å². The second-order valence-electron chi connectivity index (χ2n) is 4.01. The van der Waals surface area contributed by atoms with Crippen molar-refractivity contribution >= 4 is 17.3 Å². The van der Waals surface area contributed by atoms with Crippen molar-refractivity contribution in [1.29, 1.82) is 0 Å². The van der Waals surface area contributed by atoms with Crippen LogP contribution in [0, 0.1) is 0 Å². The fourth-order valence-corrected chi connectivity index (χ4v) is 1.30. The van der Waals surface area contributed by atoms with E-state index in [1.165, 1.54) is 0 Å². The Kier molecular flexibility index (Phi) is 3.83. The van der Waals surface area contributed by atoms with Crippen LogP contribution in [0.1, 0.15) is 13.8 Å². The number of halogens is 1. The summed E-state index contributed by atoms with van der Waals surface area (Å²) in [6.07, 6.45) is 0. The van der Waals surface area contributed by atoms with Gasteiger partial charge in [0.25, 0.3) is 0 Å². The molecule has 0 aliphatic carbocycles. The summed E-state index contributed by atoms with van der Waals surface area (Å²) < 4.78 is 5.16. The van der Waals surface area contributed by atoms with Gasteiger partial charge in [-0.15, -0.1) is 0 Å². The normalized spacial score (nSPS) is 11.3. The zero-order valence-electron chi connectivity index (χ0n) is 9.17. The van der Waals surface area contributed by atoms with E-state index in [9.17, 15) is 5.11 Å². The van der Waals surface area contributed by atoms with Gasteiger partial charge in [-0.25, -0.2) is 0 Å². The number of rotatable bonds is 4. The summed E-state index contributed by atoms with van der Waals surface area (Å²) in [5, 5.41) is 13.3. The lowest BCUT2D eigenvalue weighted by Crippen LogP contribution is -2.29. The quantitative estimate of drug-likeness (QED) is 0.834. The molecule has 0 unspecified atom stereocenters. The monoisotopic (exact) mass is 229 g/mol. The minimum Gasteiger partial charge on any atom is -0.495 e. The van der Waals surface area contributed by atoms with Crippen molar-refractivity contribution in [1.82, 2.24) is 0 Å². The molecule has 0 heterocycles. The molecule has 4 heteroatoms. The van der Waals surface area contributed by atoms with E-state index in [-0.39, 0.29) is 0 Å². The summed E-state index contributed by atoms with van der Waals surface area (Å²) >= 11 is 5.87. The molecular formula is C11H16ClNO2. The van der Waals surface area contributed by atoms with Gasteiger partial charge in [-0.3, -0.25) is 0 Å². The lowest BCUT2D eigenvalue weighted by molar-refractivity contribution is 0.0945. The highest BCUT2D eigenvalue weighted by Gasteiger charge is 2.13. The van der Waals surface area contributed by atoms with E-state index in [4.69, 9.17) is 16.3 Å². The van der Waals surface area contributed by atoms with Gasteiger partial charge in [0.1, 0.15) is 5.75 Å². The molecule has 0 amide bonds. The van der Waals surface area contributed by atoms with Gasteiger partial charge in [0.15, 0.2) is 0 Å². The summed E-state index contributed by atoms with van der Waals surface area (Å²) in [7, 11) is 1.60. The summed E-state index contributed by atoms with van der Waals surface area (Å²) in [6, 6.07) is 5.32. The van der Waals surface area contributed by atoms with Crippen molar-refractivity contribution in [3.63, 3.8) is 0 Å². The number of aliphatic hydroxyl groups is 1. The lowest BCUT2D eigenvalue weighted by Gasteiger charge is -2.19. The molecule has 84 valence electrons. The number of anilines is 1. The first-order chi connectivity index (χ1) is 6.92. The first-order valence-electron chi connectivity index (χ1n) is 4.72. The van der Waals surface area contributed by atoms with Crippen LogP contribution in [0.2, 0.25) is 5.02 Å². The molecule has 0 saturated carbocycles. The Bertz CT molecular complexity index is 334. The van der Waals surface area contributed by atoms with E-state index < -0.39 is 5.60 Å². The predicted octanol–water partition coefficient (Wildman–Crippen LogP) is 2.53. The highest BCUT2D eigenvalue weighted by atomic mass is 35.5. The van der Waals surface area contributed by atoms with Crippen molar-refractivity contribution < 1.29 is 9.84 Å². The van der Waals surface area contributed by atoms with E-state index >= 15 is 0 Å². The van der Waals surface area contributed by atoms with Crippen molar-refractivity contribution in [2.45, 2.75) is 19.4 Å². The van der Waals surface area contributed by atoms with Crippen LogP contribution in [0.5, 0.6) is 5.75 Å². The molecule has 0 aromatic heterocycles. The molecule has 0 bridgehead atoms. The van der Waals surface area contributed by atoms with Crippen molar-refractivity contribution in [3.8, 4) is 5.75 Å². The minimum absolute atomic E-state index is 0.434. The van der Waals surface area contributed by atoms with Gasteiger partial charge in [-0.1, -0.05) is 11.6 Å². The van der Waals surface area contributed by atoms with Gasteiger partial charge in [0, 0.05) is 11.6 Å². The molecule has 0 spiro atoms. The molecule has 2 N–H and O–H groups in total. The molecule has 0 atom stereocenters. The van der Waals surface area contributed by atoms with Crippen molar-refractivity contribution in [2.75, 3.05) is 19.0 Å². The maximum absolute atomic E-state index is 9.58. The zero-order chi connectivity index (χ0) is 11.5. The number of hydrogen-bond donors (Lipinski definition) is 2. The van der Waals surface area contributed by atoms with E-state index in [0.717, 1.165) is 5.69 Å². The number of benzene rings is 1. The van der Waals surface area contributed by atoms with Gasteiger partial charge in [0.2, 0.25) is 0 Å². The molecule has 1 rings (SSSR count). The number of methoxy groups -OCH3 is 1. The average Bonchev–Trinajstić information content (AvgIpc) is 2.14. The van der Waals surface area contributed by atoms with Crippen LogP contribution in [0.3, 0.4) is 0 Å². The molecule has 0 aliphatic heterocycles. The molecule has 0 fully saturated rings. The van der Waals surface area contributed by atoms with Gasteiger partial charge in [0.05, 0.1) is 18.4 Å². The number of hydrogen-bond acceptors (Lipinski definition) is 3. The first-order valence-corrected chi connectivity index (χ1v) is 5.10. The Balaban J connectivity index is 2.79. The van der Waals surface area contributed by atoms with Crippen LogP contribution in [0.4, 0.5) is 5.69 Å². The maximum Gasteiger partial charge on any atom is 0.142 e. The molecule has 0 aliphatic rings. The molecule has 1 aromatic rings. The largest absolute Gasteiger partial charge is 0.495 e. The first kappa shape index (κ1) is 12.1. The third kappa shape index (κ3) is 3.98. The fourth-order valence-electron chi connectivity index (χ4n) is 1.13. The van der Waals surface area contributed by atoms with E-state index in [1.54, 1.807) is 39.2 Å². The van der Waals surface area contributed by atoms with Crippen LogP contribution in [0.15, 0.2) is 18.2 Å². The minimum atomic E-state index is -0.771. The highest BCUT2D eigenvalue weighted by molar-refractivity contribution is 6.30. The smallest absolute Gasteiger partial charge is 0.142 e. The summed E-state index contributed by atoms with van der Waals surface area (Å²) in [4.78, 5) is 0. The summed E-state index contributed by atoms with van der Waals surface area (Å²) in [6.45, 7) is 3.90. The van der Waals surface area contributed by atoms with E-state index in [0.29, 0.717) is 17.3 Å². The van der Waals surface area contributed by atoms with Crippen molar-refractivity contribution in [2.24, 2.45) is 0 Å². The molecule has 0 saturated heterocycles. The Morgan fingerprint density at radius 1 is 1.47 bits per heavy atom. The van der Waals surface area contributed by atoms with E-state index in [2.05, 4.69) is 5.32 Å². The molecular weight excluding hydrogens is 214 g/mol. The standard InChI is InChI=1S/C11H16ClNO2/c1-11(2,14)7-13-9-6-8(12)4-5-10(9)15-3/h4-6,13-14H,7H2,1-3H3. The third-order valence-electron chi connectivity index (χ3n) is 1.87. The van der Waals surface area contributed by atoms with Gasteiger partial charge >= 0.3 is 0 Å². The van der Waals surface area contributed by atoms with Crippen LogP contribution in [-0.2, 0) is 0 Å². The summed E-state index contributed by atoms with van der Waals surface area (Å²) in [5.74, 6) is 0.712. The van der Waals surface area contributed by atoms with Crippen LogP contribution >= 0.6 is 11.6 Å². The van der Waals surface area contributed by atoms with Crippen LogP contribution < -0.4 is 10.1 Å². The number of ether oxygens (including phenoxy) is 1. The second-order valence-corrected chi connectivity index (χ2v) is 4.45. The fraction of sp³-hybridized carbons (Fsp3) is 0.455. The zero-order valence-corrected chi connectivity index (χ0v) is 9.93. The number of nitrogens with one attached hydrogen (secondary N) is 1. The molecule has 0 radical (unpaired) electrons. The average molecular weight is 230 g/mol. The Hall–Kier alpha value is -0.930. The summed E-state index contributed by atoms with van der Waals surface area (Å²) in [5.41, 5.74) is 0.0139.